The van der Waals surface area contributed by atoms with Gasteiger partial charge in [0.25, 0.3) is 14.2 Å². The van der Waals surface area contributed by atoms with Gasteiger partial charge in [0.2, 0.25) is 0 Å². The van der Waals surface area contributed by atoms with E-state index >= 15 is 0 Å². The number of rotatable bonds is 7. The first-order chi connectivity index (χ1) is 20.3. The molecule has 0 saturated carbocycles. The van der Waals surface area contributed by atoms with Crippen molar-refractivity contribution >= 4 is 30.6 Å². The number of benzene rings is 4. The van der Waals surface area contributed by atoms with Crippen molar-refractivity contribution in [3.63, 3.8) is 0 Å². The Balaban J connectivity index is 1.64. The summed E-state index contributed by atoms with van der Waals surface area (Å²) >= 11 is 0. The molecular weight excluding hydrogens is 538 g/mol. The monoisotopic (exact) mass is 577 g/mol. The molecule has 1 aliphatic rings. The quantitative estimate of drug-likeness (QED) is 0.195. The molecule has 1 amide bonds. The normalized spacial score (nSPS) is 19.2. The van der Waals surface area contributed by atoms with Gasteiger partial charge in [-0.2, -0.15) is 0 Å². The first kappa shape index (κ1) is 29.5. The number of esters is 1. The third-order valence-electron chi connectivity index (χ3n) is 8.32. The molecule has 1 aliphatic heterocycles. The van der Waals surface area contributed by atoms with Gasteiger partial charge < -0.3 is 14.1 Å². The van der Waals surface area contributed by atoms with E-state index in [4.69, 9.17) is 9.16 Å². The van der Waals surface area contributed by atoms with Gasteiger partial charge >= 0.3 is 5.97 Å². The minimum atomic E-state index is -2.91. The molecule has 4 aromatic carbocycles. The fraction of sp³-hybridized carbons (Fsp3) is 0.278. The molecule has 0 N–H and O–H groups in total. The first-order valence-electron chi connectivity index (χ1n) is 14.6. The Morgan fingerprint density at radius 3 is 1.67 bits per heavy atom. The lowest BCUT2D eigenvalue weighted by Gasteiger charge is -2.49. The Morgan fingerprint density at radius 2 is 1.19 bits per heavy atom. The van der Waals surface area contributed by atoms with Crippen LogP contribution in [-0.2, 0) is 14.0 Å². The van der Waals surface area contributed by atoms with Gasteiger partial charge in [0.05, 0.1) is 19.3 Å². The van der Waals surface area contributed by atoms with E-state index in [0.29, 0.717) is 18.4 Å². The highest BCUT2D eigenvalue weighted by atomic mass is 28.4. The summed E-state index contributed by atoms with van der Waals surface area (Å²) in [6.07, 6.45) is 0.602. The third-order valence-corrected chi connectivity index (χ3v) is 13.4. The molecule has 1 saturated heterocycles. The van der Waals surface area contributed by atoms with E-state index in [9.17, 15) is 9.59 Å². The summed E-state index contributed by atoms with van der Waals surface area (Å²) in [5, 5.41) is 2.13. The smallest absolute Gasteiger partial charge is 0.328 e. The lowest BCUT2D eigenvalue weighted by molar-refractivity contribution is -0.150. The fourth-order valence-corrected chi connectivity index (χ4v) is 11.1. The van der Waals surface area contributed by atoms with Gasteiger partial charge in [-0.1, -0.05) is 130 Å². The van der Waals surface area contributed by atoms with Crippen molar-refractivity contribution in [2.75, 3.05) is 7.11 Å². The molecule has 0 aromatic heterocycles. The first-order valence-corrected chi connectivity index (χ1v) is 16.5. The number of hydrogen-bond donors (Lipinski definition) is 0. The molecule has 1 fully saturated rings. The predicted octanol–water partition coefficient (Wildman–Crippen LogP) is 6.15. The summed E-state index contributed by atoms with van der Waals surface area (Å²) in [5.74, 6) is -0.625. The van der Waals surface area contributed by atoms with Crippen LogP contribution in [0.15, 0.2) is 121 Å². The number of ether oxygens (including phenoxy) is 1. The summed E-state index contributed by atoms with van der Waals surface area (Å²) in [4.78, 5) is 29.3. The number of piperidine rings is 1. The topological polar surface area (TPSA) is 55.8 Å². The average Bonchev–Trinajstić information content (AvgIpc) is 3.03. The number of hydrogen-bond acceptors (Lipinski definition) is 4. The molecule has 42 heavy (non-hydrogen) atoms. The van der Waals surface area contributed by atoms with Crippen LogP contribution < -0.4 is 10.4 Å². The number of methoxy groups -OCH3 is 1. The van der Waals surface area contributed by atoms with Crippen LogP contribution >= 0.6 is 0 Å². The second kappa shape index (κ2) is 12.5. The van der Waals surface area contributed by atoms with E-state index in [-0.39, 0.29) is 23.1 Å². The minimum Gasteiger partial charge on any atom is -0.467 e. The van der Waals surface area contributed by atoms with E-state index in [1.807, 2.05) is 60.7 Å². The molecule has 0 spiro atoms. The van der Waals surface area contributed by atoms with Gasteiger partial charge in [0.15, 0.2) is 0 Å². The number of nitrogens with zero attached hydrogens (tertiary/aromatic N) is 1. The maximum atomic E-state index is 14.1. The van der Waals surface area contributed by atoms with Crippen LogP contribution in [0.1, 0.15) is 55.6 Å². The zero-order valence-electron chi connectivity index (χ0n) is 24.8. The van der Waals surface area contributed by atoms with Crippen LogP contribution in [0, 0.1) is 0 Å². The highest BCUT2D eigenvalue weighted by Crippen LogP contribution is 2.43. The number of carbonyl (C=O) groups excluding carboxylic acids is 2. The van der Waals surface area contributed by atoms with Crippen LogP contribution in [0.5, 0.6) is 0 Å². The van der Waals surface area contributed by atoms with Gasteiger partial charge in [-0.25, -0.2) is 4.79 Å². The standard InChI is InChI=1S/C36H39NO4Si/c1-36(2,3)42(30-21-13-7-14-22-30,31-23-15-8-16-24-31)41-29-25-32(27-17-9-5-10-18-27)37(33(26-29)35(39)40-4)34(38)28-19-11-6-12-20-28/h5-24,29,32-33H,25-26H2,1-4H3/t29-,32-,33+/m1/s1. The van der Waals surface area contributed by atoms with Crippen LogP contribution in [0.4, 0.5) is 0 Å². The molecule has 0 radical (unpaired) electrons. The van der Waals surface area contributed by atoms with Gasteiger partial charge in [-0.15, -0.1) is 0 Å². The molecule has 0 bridgehead atoms. The molecule has 0 unspecified atom stereocenters. The molecule has 5 nitrogen and oxygen atoms in total. The van der Waals surface area contributed by atoms with E-state index in [0.717, 1.165) is 5.56 Å². The molecule has 0 aliphatic carbocycles. The van der Waals surface area contributed by atoms with Gasteiger partial charge in [-0.05, 0) is 39.5 Å². The van der Waals surface area contributed by atoms with E-state index < -0.39 is 20.3 Å². The van der Waals surface area contributed by atoms with Gasteiger partial charge in [0, 0.05) is 12.0 Å². The van der Waals surface area contributed by atoms with Crippen LogP contribution in [0.25, 0.3) is 0 Å². The molecule has 4 aromatic rings. The number of likely N-dealkylation sites (tertiary alicyclic amines) is 1. The fourth-order valence-electron chi connectivity index (χ4n) is 6.41. The Labute approximate surface area is 250 Å². The largest absolute Gasteiger partial charge is 0.467 e. The molecule has 3 atom stereocenters. The van der Waals surface area contributed by atoms with Gasteiger partial charge in [0.1, 0.15) is 6.04 Å². The number of amides is 1. The maximum absolute atomic E-state index is 14.1. The van der Waals surface area contributed by atoms with Crippen molar-refractivity contribution < 1.29 is 18.8 Å². The van der Waals surface area contributed by atoms with Crippen molar-refractivity contribution in [2.24, 2.45) is 0 Å². The zero-order chi connectivity index (χ0) is 29.7. The SMILES string of the molecule is COC(=O)[C@@H]1C[C@H](O[Si](c2ccccc2)(c2ccccc2)C(C)(C)C)C[C@H](c2ccccc2)N1C(=O)c1ccccc1. The van der Waals surface area contributed by atoms with Crippen molar-refractivity contribution in [3.8, 4) is 0 Å². The Morgan fingerprint density at radius 1 is 0.714 bits per heavy atom. The Hall–Kier alpha value is -4.00. The molecule has 216 valence electrons. The maximum Gasteiger partial charge on any atom is 0.328 e. The Kier molecular flexibility index (Phi) is 8.76. The van der Waals surface area contributed by atoms with Crippen molar-refractivity contribution in [3.05, 3.63) is 132 Å². The highest BCUT2D eigenvalue weighted by Gasteiger charge is 2.53. The second-order valence-electron chi connectivity index (χ2n) is 11.9. The van der Waals surface area contributed by atoms with E-state index in [1.165, 1.54) is 17.5 Å². The van der Waals surface area contributed by atoms with Crippen LogP contribution in [-0.4, -0.2) is 44.3 Å². The average molecular weight is 578 g/mol. The number of carbonyl (C=O) groups is 2. The van der Waals surface area contributed by atoms with E-state index in [2.05, 4.69) is 69.3 Å². The summed E-state index contributed by atoms with van der Waals surface area (Å²) in [7, 11) is -1.52. The molecule has 1 heterocycles. The minimum absolute atomic E-state index is 0.191. The van der Waals surface area contributed by atoms with Crippen molar-refractivity contribution in [1.29, 1.82) is 0 Å². The second-order valence-corrected chi connectivity index (χ2v) is 16.2. The molecule has 6 heteroatoms. The third kappa shape index (κ3) is 5.69. The summed E-state index contributed by atoms with van der Waals surface area (Å²) in [5.41, 5.74) is 1.50. The highest BCUT2D eigenvalue weighted by molar-refractivity contribution is 6.99. The summed E-state index contributed by atoms with van der Waals surface area (Å²) < 4.78 is 12.8. The van der Waals surface area contributed by atoms with E-state index in [1.54, 1.807) is 17.0 Å². The summed E-state index contributed by atoms with van der Waals surface area (Å²) in [6, 6.07) is 39.0. The Bertz CT molecular complexity index is 1430. The summed E-state index contributed by atoms with van der Waals surface area (Å²) in [6.45, 7) is 6.75. The van der Waals surface area contributed by atoms with Crippen LogP contribution in [0.3, 0.4) is 0 Å². The van der Waals surface area contributed by atoms with Crippen LogP contribution in [0.2, 0.25) is 5.04 Å². The molecular formula is C36H39NO4Si. The van der Waals surface area contributed by atoms with Crippen molar-refractivity contribution in [2.45, 2.75) is 56.8 Å². The van der Waals surface area contributed by atoms with Crippen molar-refractivity contribution in [1.82, 2.24) is 4.90 Å². The lowest BCUT2D eigenvalue weighted by Crippen LogP contribution is -2.68. The molecule has 5 rings (SSSR count). The zero-order valence-corrected chi connectivity index (χ0v) is 25.8. The predicted molar refractivity (Wildman–Crippen MR) is 169 cm³/mol. The van der Waals surface area contributed by atoms with Gasteiger partial charge in [-0.3, -0.25) is 4.79 Å². The lowest BCUT2D eigenvalue weighted by atomic mass is 9.88.